The molecule has 1 aromatic heterocycles. The third-order valence-electron chi connectivity index (χ3n) is 7.75. The predicted octanol–water partition coefficient (Wildman–Crippen LogP) is 3.65. The third kappa shape index (κ3) is 8.31. The average molecular weight is 573 g/mol. The van der Waals surface area contributed by atoms with E-state index in [1.165, 1.54) is 30.4 Å². The van der Waals surface area contributed by atoms with E-state index in [2.05, 4.69) is 20.5 Å². The number of aromatic nitrogens is 1. The van der Waals surface area contributed by atoms with Crippen LogP contribution in [0.2, 0.25) is 0 Å². The maximum Gasteiger partial charge on any atom is 0.321 e. The van der Waals surface area contributed by atoms with E-state index in [0.29, 0.717) is 41.3 Å². The summed E-state index contributed by atoms with van der Waals surface area (Å²) in [5.41, 5.74) is 1.76. The molecule has 0 spiro atoms. The van der Waals surface area contributed by atoms with Gasteiger partial charge < -0.3 is 20.0 Å². The first-order chi connectivity index (χ1) is 19.1. The fourth-order valence-corrected chi connectivity index (χ4v) is 6.68. The van der Waals surface area contributed by atoms with Gasteiger partial charge in [-0.25, -0.2) is 14.2 Å². The molecule has 40 heavy (non-hydrogen) atoms. The maximum atomic E-state index is 13.3. The van der Waals surface area contributed by atoms with Crippen molar-refractivity contribution in [1.29, 1.82) is 0 Å². The second-order valence-corrected chi connectivity index (χ2v) is 12.4. The Morgan fingerprint density at radius 3 is 2.55 bits per heavy atom. The first-order valence-corrected chi connectivity index (χ1v) is 14.8. The van der Waals surface area contributed by atoms with Crippen molar-refractivity contribution in [1.82, 2.24) is 25.0 Å². The zero-order chi connectivity index (χ0) is 28.8. The summed E-state index contributed by atoms with van der Waals surface area (Å²) in [5, 5.41) is 6.30. The predicted molar refractivity (Wildman–Crippen MR) is 155 cm³/mol. The number of anilines is 1. The van der Waals surface area contributed by atoms with E-state index < -0.39 is 0 Å². The Balaban J connectivity index is 1.40. The molecule has 4 rings (SSSR count). The summed E-state index contributed by atoms with van der Waals surface area (Å²) < 4.78 is 13.3. The summed E-state index contributed by atoms with van der Waals surface area (Å²) in [7, 11) is 3.75. The number of halogens is 1. The van der Waals surface area contributed by atoms with Gasteiger partial charge in [0.05, 0.1) is 23.2 Å². The second kappa shape index (κ2) is 13.6. The minimum Gasteiger partial charge on any atom is -0.340 e. The quantitative estimate of drug-likeness (QED) is 0.446. The lowest BCUT2D eigenvalue weighted by Gasteiger charge is -2.42. The van der Waals surface area contributed by atoms with E-state index in [9.17, 15) is 18.8 Å². The molecule has 3 amide bonds. The molecule has 2 aliphatic rings. The van der Waals surface area contributed by atoms with Crippen LogP contribution in [-0.4, -0.2) is 96.8 Å². The lowest BCUT2D eigenvalue weighted by atomic mass is 9.87. The van der Waals surface area contributed by atoms with Crippen LogP contribution in [0.1, 0.15) is 47.1 Å². The fourth-order valence-electron chi connectivity index (χ4n) is 5.83. The van der Waals surface area contributed by atoms with Crippen LogP contribution in [0.4, 0.5) is 14.3 Å². The molecule has 0 bridgehead atoms. The van der Waals surface area contributed by atoms with Crippen LogP contribution in [0.3, 0.4) is 0 Å². The first-order valence-electron chi connectivity index (χ1n) is 14.0. The van der Waals surface area contributed by atoms with Gasteiger partial charge in [-0.15, -0.1) is 0 Å². The lowest BCUT2D eigenvalue weighted by Crippen LogP contribution is -2.58. The van der Waals surface area contributed by atoms with Crippen molar-refractivity contribution in [2.24, 2.45) is 11.8 Å². The van der Waals surface area contributed by atoms with Crippen LogP contribution in [0.15, 0.2) is 24.3 Å². The van der Waals surface area contributed by atoms with Gasteiger partial charge in [-0.2, -0.15) is 0 Å². The van der Waals surface area contributed by atoms with Crippen molar-refractivity contribution in [3.8, 4) is 0 Å². The summed E-state index contributed by atoms with van der Waals surface area (Å²) in [6.45, 7) is 7.49. The molecule has 2 aliphatic heterocycles. The van der Waals surface area contributed by atoms with Gasteiger partial charge in [0.1, 0.15) is 5.82 Å². The lowest BCUT2D eigenvalue weighted by molar-refractivity contribution is -0.133. The molecular weight excluding hydrogens is 531 g/mol. The summed E-state index contributed by atoms with van der Waals surface area (Å²) >= 11 is 1.17. The largest absolute Gasteiger partial charge is 0.340 e. The Hall–Kier alpha value is -2.89. The number of ketones is 1. The molecule has 1 aromatic carbocycles. The van der Waals surface area contributed by atoms with Crippen LogP contribution < -0.4 is 10.6 Å². The molecule has 2 N–H and O–H groups in total. The summed E-state index contributed by atoms with van der Waals surface area (Å²) in [6, 6.07) is 6.19. The van der Waals surface area contributed by atoms with Gasteiger partial charge in [0.15, 0.2) is 10.9 Å². The van der Waals surface area contributed by atoms with Crippen molar-refractivity contribution in [3.05, 3.63) is 46.2 Å². The number of aryl methyl sites for hydroxylation is 1. The van der Waals surface area contributed by atoms with E-state index >= 15 is 0 Å². The third-order valence-corrected chi connectivity index (χ3v) is 8.92. The molecule has 218 valence electrons. The zero-order valence-corrected chi connectivity index (χ0v) is 24.7. The fraction of sp³-hybridized carbons (Fsp3) is 0.586. The van der Waals surface area contributed by atoms with Gasteiger partial charge in [-0.1, -0.05) is 23.5 Å². The monoisotopic (exact) mass is 572 g/mol. The normalized spacial score (nSPS) is 21.9. The maximum absolute atomic E-state index is 13.3. The van der Waals surface area contributed by atoms with Crippen LogP contribution in [0.25, 0.3) is 0 Å². The second-order valence-electron chi connectivity index (χ2n) is 11.4. The Bertz CT molecular complexity index is 1190. The van der Waals surface area contributed by atoms with Crippen molar-refractivity contribution < 1.29 is 18.8 Å². The number of benzene rings is 1. The molecule has 3 atom stereocenters. The highest BCUT2D eigenvalue weighted by Crippen LogP contribution is 2.26. The summed E-state index contributed by atoms with van der Waals surface area (Å²) in [5.74, 6) is 0.444. The molecule has 0 saturated carbocycles. The number of piperidine rings is 2. The number of urea groups is 1. The molecule has 0 unspecified atom stereocenters. The number of amides is 3. The number of carbonyl (C=O) groups excluding carboxylic acids is 3. The number of likely N-dealkylation sites (tertiary alicyclic amines) is 2. The van der Waals surface area contributed by atoms with Gasteiger partial charge in [-0.05, 0) is 82.8 Å². The average Bonchev–Trinajstić information content (AvgIpc) is 3.26. The highest BCUT2D eigenvalue weighted by molar-refractivity contribution is 7.17. The molecule has 2 fully saturated rings. The molecule has 0 radical (unpaired) electrons. The van der Waals surface area contributed by atoms with E-state index in [0.717, 1.165) is 50.9 Å². The number of nitrogens with one attached hydrogen (secondary N) is 2. The van der Waals surface area contributed by atoms with Gasteiger partial charge in [-0.3, -0.25) is 14.9 Å². The van der Waals surface area contributed by atoms with Crippen LogP contribution in [-0.2, 0) is 11.2 Å². The van der Waals surface area contributed by atoms with E-state index in [1.54, 1.807) is 6.92 Å². The molecular formula is C29H41FN6O3S. The number of hydrogen-bond donors (Lipinski definition) is 2. The Kier molecular flexibility index (Phi) is 10.3. The number of carbonyl (C=O) groups is 3. The minimum atomic E-state index is -0.381. The molecule has 2 aromatic rings. The summed E-state index contributed by atoms with van der Waals surface area (Å²) in [6.07, 6.45) is 3.97. The smallest absolute Gasteiger partial charge is 0.321 e. The molecule has 2 saturated heterocycles. The number of nitrogens with zero attached hydrogens (tertiary/aromatic N) is 4. The van der Waals surface area contributed by atoms with Crippen LogP contribution in [0, 0.1) is 24.6 Å². The number of Topliss-reactive ketones (excluding diaryl/α,β-unsaturated/α-hetero) is 1. The number of hydrogen-bond acceptors (Lipinski definition) is 7. The highest BCUT2D eigenvalue weighted by Gasteiger charge is 2.35. The van der Waals surface area contributed by atoms with E-state index in [-0.39, 0.29) is 35.5 Å². The highest BCUT2D eigenvalue weighted by atomic mass is 32.1. The van der Waals surface area contributed by atoms with Crippen molar-refractivity contribution in [2.75, 3.05) is 58.7 Å². The molecule has 9 nitrogen and oxygen atoms in total. The standard InChI is InChI=1S/C29H41FN6O3S/c1-19-27(20(2)37)40-29(31-19)33-28(39)32-25-17-36(26(38)18-34(3)4)13-11-23(25)16-35-12-5-6-22(15-35)14-21-7-9-24(30)10-8-21/h7-10,22-23,25H,5-6,11-18H2,1-4H3,(H2,31,32,33,39)/t22-,23-,25-/m0/s1. The van der Waals surface area contributed by atoms with Gasteiger partial charge >= 0.3 is 6.03 Å². The van der Waals surface area contributed by atoms with Gasteiger partial charge in [0.25, 0.3) is 0 Å². The Labute approximate surface area is 240 Å². The molecule has 0 aliphatic carbocycles. The summed E-state index contributed by atoms with van der Waals surface area (Å²) in [4.78, 5) is 48.8. The van der Waals surface area contributed by atoms with Crippen LogP contribution >= 0.6 is 11.3 Å². The van der Waals surface area contributed by atoms with Crippen molar-refractivity contribution in [3.63, 3.8) is 0 Å². The minimum absolute atomic E-state index is 0.0506. The van der Waals surface area contributed by atoms with Crippen molar-refractivity contribution in [2.45, 2.75) is 45.6 Å². The number of likely N-dealkylation sites (N-methyl/N-ethyl adjacent to an activating group) is 1. The molecule has 3 heterocycles. The SMILES string of the molecule is CC(=O)c1sc(NC(=O)N[C@H]2CN(C(=O)CN(C)C)CC[C@H]2CN2CCC[C@@H](Cc3ccc(F)cc3)C2)nc1C. The van der Waals surface area contributed by atoms with Crippen LogP contribution in [0.5, 0.6) is 0 Å². The van der Waals surface area contributed by atoms with Gasteiger partial charge in [0.2, 0.25) is 5.91 Å². The Morgan fingerprint density at radius 1 is 1.12 bits per heavy atom. The van der Waals surface area contributed by atoms with E-state index in [1.807, 2.05) is 36.0 Å². The van der Waals surface area contributed by atoms with Gasteiger partial charge in [0, 0.05) is 33.1 Å². The number of rotatable bonds is 9. The topological polar surface area (TPSA) is 97.9 Å². The number of thiazole rings is 1. The van der Waals surface area contributed by atoms with Crippen molar-refractivity contribution >= 4 is 34.2 Å². The van der Waals surface area contributed by atoms with E-state index in [4.69, 9.17) is 0 Å². The Morgan fingerprint density at radius 2 is 1.88 bits per heavy atom. The zero-order valence-electron chi connectivity index (χ0n) is 23.9. The first kappa shape index (κ1) is 30.1. The molecule has 11 heteroatoms.